The van der Waals surface area contributed by atoms with Crippen molar-refractivity contribution < 1.29 is 8.42 Å². The first-order valence-electron chi connectivity index (χ1n) is 6.09. The number of sulfonamides is 1. The van der Waals surface area contributed by atoms with E-state index in [0.717, 1.165) is 15.6 Å². The van der Waals surface area contributed by atoms with Crippen molar-refractivity contribution in [2.24, 2.45) is 0 Å². The van der Waals surface area contributed by atoms with Gasteiger partial charge in [0.2, 0.25) is 10.0 Å². The molecule has 0 bridgehead atoms. The second-order valence-electron chi connectivity index (χ2n) is 4.41. The Bertz CT molecular complexity index is 676. The molecule has 0 saturated carbocycles. The van der Waals surface area contributed by atoms with Gasteiger partial charge < -0.3 is 5.32 Å². The quantitative estimate of drug-likeness (QED) is 0.852. The van der Waals surface area contributed by atoms with E-state index in [1.54, 1.807) is 25.4 Å². The van der Waals surface area contributed by atoms with E-state index in [1.165, 1.54) is 22.7 Å². The minimum atomic E-state index is -3.52. The van der Waals surface area contributed by atoms with Crippen molar-refractivity contribution >= 4 is 32.7 Å². The van der Waals surface area contributed by atoms with Gasteiger partial charge in [0.1, 0.15) is 5.01 Å². The van der Waals surface area contributed by atoms with Gasteiger partial charge in [-0.15, -0.1) is 22.7 Å². The third-order valence-corrected chi connectivity index (χ3v) is 6.49. The molecule has 2 N–H and O–H groups in total. The SMILES string of the molecule is CNCc1sccc1S(=O)(=O)NC(C)c1nc(C)cs1. The van der Waals surface area contributed by atoms with Gasteiger partial charge in [-0.1, -0.05) is 0 Å². The van der Waals surface area contributed by atoms with Crippen LogP contribution in [0.25, 0.3) is 0 Å². The van der Waals surface area contributed by atoms with Crippen molar-refractivity contribution in [2.45, 2.75) is 31.3 Å². The summed E-state index contributed by atoms with van der Waals surface area (Å²) in [5.41, 5.74) is 0.905. The van der Waals surface area contributed by atoms with Gasteiger partial charge in [0.25, 0.3) is 0 Å². The van der Waals surface area contributed by atoms with E-state index in [1.807, 2.05) is 12.3 Å². The summed E-state index contributed by atoms with van der Waals surface area (Å²) in [7, 11) is -1.72. The second-order valence-corrected chi connectivity index (χ2v) is 7.98. The molecule has 0 aliphatic carbocycles. The van der Waals surface area contributed by atoms with E-state index >= 15 is 0 Å². The first kappa shape index (κ1) is 15.6. The lowest BCUT2D eigenvalue weighted by Crippen LogP contribution is -2.27. The lowest BCUT2D eigenvalue weighted by molar-refractivity contribution is 0.565. The van der Waals surface area contributed by atoms with Crippen molar-refractivity contribution in [1.29, 1.82) is 0 Å². The van der Waals surface area contributed by atoms with E-state index < -0.39 is 10.0 Å². The summed E-state index contributed by atoms with van der Waals surface area (Å²) < 4.78 is 27.5. The third-order valence-electron chi connectivity index (χ3n) is 2.67. The van der Waals surface area contributed by atoms with Gasteiger partial charge >= 0.3 is 0 Å². The first-order valence-corrected chi connectivity index (χ1v) is 9.33. The van der Waals surface area contributed by atoms with Crippen LogP contribution in [-0.2, 0) is 16.6 Å². The maximum Gasteiger partial charge on any atom is 0.242 e. The highest BCUT2D eigenvalue weighted by atomic mass is 32.2. The largest absolute Gasteiger partial charge is 0.315 e. The van der Waals surface area contributed by atoms with Crippen LogP contribution in [0.15, 0.2) is 21.7 Å². The number of aromatic nitrogens is 1. The average molecular weight is 331 g/mol. The lowest BCUT2D eigenvalue weighted by atomic mass is 10.4. The average Bonchev–Trinajstić information content (AvgIpc) is 2.98. The molecule has 0 fully saturated rings. The van der Waals surface area contributed by atoms with Crippen molar-refractivity contribution in [2.75, 3.05) is 7.05 Å². The smallest absolute Gasteiger partial charge is 0.242 e. The molecule has 0 amide bonds. The Morgan fingerprint density at radius 1 is 1.40 bits per heavy atom. The highest BCUT2D eigenvalue weighted by Gasteiger charge is 2.23. The number of nitrogens with zero attached hydrogens (tertiary/aromatic N) is 1. The molecule has 1 unspecified atom stereocenters. The number of thiophene rings is 1. The minimum Gasteiger partial charge on any atom is -0.315 e. The fraction of sp³-hybridized carbons (Fsp3) is 0.417. The number of nitrogens with one attached hydrogen (secondary N) is 2. The van der Waals surface area contributed by atoms with Crippen LogP contribution in [0.5, 0.6) is 0 Å². The van der Waals surface area contributed by atoms with Crippen molar-refractivity contribution in [3.05, 3.63) is 32.4 Å². The molecular formula is C12H17N3O2S3. The summed E-state index contributed by atoms with van der Waals surface area (Å²) in [5, 5.41) is 7.46. The monoisotopic (exact) mass is 331 g/mol. The van der Waals surface area contributed by atoms with Crippen LogP contribution in [0.3, 0.4) is 0 Å². The Balaban J connectivity index is 2.20. The molecule has 2 aromatic rings. The predicted octanol–water partition coefficient (Wildman–Crippen LogP) is 2.27. The van der Waals surface area contributed by atoms with E-state index in [4.69, 9.17) is 0 Å². The summed E-state index contributed by atoms with van der Waals surface area (Å²) in [6.45, 7) is 4.24. The number of hydrogen-bond acceptors (Lipinski definition) is 6. The number of hydrogen-bond donors (Lipinski definition) is 2. The molecule has 2 heterocycles. The molecule has 0 aromatic carbocycles. The van der Waals surface area contributed by atoms with E-state index in [0.29, 0.717) is 11.4 Å². The molecule has 0 aliphatic rings. The minimum absolute atomic E-state index is 0.332. The van der Waals surface area contributed by atoms with Crippen LogP contribution in [0.4, 0.5) is 0 Å². The molecule has 2 aromatic heterocycles. The van der Waals surface area contributed by atoms with Gasteiger partial charge in [-0.2, -0.15) is 0 Å². The fourth-order valence-corrected chi connectivity index (χ4v) is 5.32. The normalized spacial score (nSPS) is 13.6. The maximum absolute atomic E-state index is 12.4. The highest BCUT2D eigenvalue weighted by Crippen LogP contribution is 2.25. The van der Waals surface area contributed by atoms with Crippen LogP contribution in [0.1, 0.15) is 28.5 Å². The molecule has 1 atom stereocenters. The second kappa shape index (κ2) is 6.31. The predicted molar refractivity (Wildman–Crippen MR) is 82.7 cm³/mol. The molecule has 8 heteroatoms. The van der Waals surface area contributed by atoms with Gasteiger partial charge in [0.15, 0.2) is 0 Å². The Morgan fingerprint density at radius 3 is 2.75 bits per heavy atom. The topological polar surface area (TPSA) is 71.1 Å². The number of thiazole rings is 1. The maximum atomic E-state index is 12.4. The van der Waals surface area contributed by atoms with Gasteiger partial charge in [0, 0.05) is 22.5 Å². The fourth-order valence-electron chi connectivity index (χ4n) is 1.78. The summed E-state index contributed by atoms with van der Waals surface area (Å²) in [4.78, 5) is 5.47. The third kappa shape index (κ3) is 3.44. The van der Waals surface area contributed by atoms with Gasteiger partial charge in [-0.05, 0) is 32.3 Å². The zero-order valence-corrected chi connectivity index (χ0v) is 14.0. The van der Waals surface area contributed by atoms with E-state index in [-0.39, 0.29) is 6.04 Å². The van der Waals surface area contributed by atoms with Gasteiger partial charge in [0.05, 0.1) is 10.9 Å². The Morgan fingerprint density at radius 2 is 2.15 bits per heavy atom. The van der Waals surface area contributed by atoms with E-state index in [2.05, 4.69) is 15.0 Å². The van der Waals surface area contributed by atoms with Gasteiger partial charge in [-0.25, -0.2) is 18.1 Å². The standard InChI is InChI=1S/C12H17N3O2S3/c1-8-7-19-12(14-8)9(2)15-20(16,17)11-4-5-18-10(11)6-13-3/h4-5,7,9,13,15H,6H2,1-3H3. The first-order chi connectivity index (χ1) is 9.44. The summed E-state index contributed by atoms with van der Waals surface area (Å²) >= 11 is 2.90. The lowest BCUT2D eigenvalue weighted by Gasteiger charge is -2.12. The Hall–Kier alpha value is -0.800. The summed E-state index contributed by atoms with van der Waals surface area (Å²) in [5.74, 6) is 0. The van der Waals surface area contributed by atoms with Crippen LogP contribution in [0.2, 0.25) is 0 Å². The van der Waals surface area contributed by atoms with E-state index in [9.17, 15) is 8.42 Å². The Labute approximate surface area is 127 Å². The van der Waals surface area contributed by atoms with Crippen molar-refractivity contribution in [3.63, 3.8) is 0 Å². The summed E-state index contributed by atoms with van der Waals surface area (Å²) in [6, 6.07) is 1.31. The summed E-state index contributed by atoms with van der Waals surface area (Å²) in [6.07, 6.45) is 0. The molecule has 0 radical (unpaired) electrons. The van der Waals surface area contributed by atoms with Crippen LogP contribution in [-0.4, -0.2) is 20.4 Å². The molecular weight excluding hydrogens is 314 g/mol. The van der Waals surface area contributed by atoms with Crippen LogP contribution < -0.4 is 10.0 Å². The number of rotatable bonds is 6. The molecule has 0 spiro atoms. The molecule has 5 nitrogen and oxygen atoms in total. The molecule has 20 heavy (non-hydrogen) atoms. The molecule has 0 saturated heterocycles. The zero-order valence-electron chi connectivity index (χ0n) is 11.5. The van der Waals surface area contributed by atoms with Crippen molar-refractivity contribution in [1.82, 2.24) is 15.0 Å². The van der Waals surface area contributed by atoms with Crippen LogP contribution >= 0.6 is 22.7 Å². The van der Waals surface area contributed by atoms with Gasteiger partial charge in [-0.3, -0.25) is 0 Å². The Kier molecular flexibility index (Phi) is 4.92. The molecule has 110 valence electrons. The molecule has 0 aliphatic heterocycles. The highest BCUT2D eigenvalue weighted by molar-refractivity contribution is 7.89. The zero-order chi connectivity index (χ0) is 14.8. The van der Waals surface area contributed by atoms with Crippen LogP contribution in [0, 0.1) is 6.92 Å². The van der Waals surface area contributed by atoms with Crippen molar-refractivity contribution in [3.8, 4) is 0 Å². The molecule has 2 rings (SSSR count). The number of aryl methyl sites for hydroxylation is 1.